The molecule has 0 spiro atoms. The van der Waals surface area contributed by atoms with E-state index in [9.17, 15) is 4.39 Å². The van der Waals surface area contributed by atoms with Gasteiger partial charge in [-0.25, -0.2) is 4.39 Å². The molecule has 0 aliphatic heterocycles. The molecule has 0 aliphatic carbocycles. The topological polar surface area (TPSA) is 38.5 Å². The molecule has 0 saturated carbocycles. The van der Waals surface area contributed by atoms with Crippen molar-refractivity contribution < 1.29 is 9.13 Å². The van der Waals surface area contributed by atoms with Crippen LogP contribution in [0.2, 0.25) is 0 Å². The second kappa shape index (κ2) is 7.60. The highest BCUT2D eigenvalue weighted by molar-refractivity contribution is 5.36. The predicted molar refractivity (Wildman–Crippen MR) is 81.5 cm³/mol. The first-order chi connectivity index (χ1) is 9.34. The van der Waals surface area contributed by atoms with Crippen molar-refractivity contribution in [1.29, 1.82) is 0 Å². The first kappa shape index (κ1) is 16.9. The third-order valence-electron chi connectivity index (χ3n) is 3.40. The second-order valence-electron chi connectivity index (χ2n) is 5.71. The maximum absolute atomic E-state index is 13.8. The highest BCUT2D eigenvalue weighted by Gasteiger charge is 2.16. The molecule has 0 fully saturated rings. The summed E-state index contributed by atoms with van der Waals surface area (Å²) in [6.45, 7) is 11.7. The van der Waals surface area contributed by atoms with Gasteiger partial charge in [0, 0.05) is 30.2 Å². The fourth-order valence-corrected chi connectivity index (χ4v) is 2.46. The van der Waals surface area contributed by atoms with Crippen LogP contribution in [-0.2, 0) is 0 Å². The molecule has 20 heavy (non-hydrogen) atoms. The highest BCUT2D eigenvalue weighted by Crippen LogP contribution is 2.26. The summed E-state index contributed by atoms with van der Waals surface area (Å²) >= 11 is 0. The molecule has 0 bridgehead atoms. The van der Waals surface area contributed by atoms with Gasteiger partial charge in [0.2, 0.25) is 0 Å². The molecule has 1 rings (SSSR count). The smallest absolute Gasteiger partial charge is 0.131 e. The summed E-state index contributed by atoms with van der Waals surface area (Å²) in [5.41, 5.74) is 6.26. The Hall–Kier alpha value is -1.13. The summed E-state index contributed by atoms with van der Waals surface area (Å²) in [5, 5.41) is 0. The zero-order chi connectivity index (χ0) is 15.3. The number of nitrogens with zero attached hydrogens (tertiary/aromatic N) is 1. The summed E-state index contributed by atoms with van der Waals surface area (Å²) in [6, 6.07) is 5.38. The Labute approximate surface area is 121 Å². The zero-order valence-electron chi connectivity index (χ0n) is 13.2. The largest absolute Gasteiger partial charge is 0.492 e. The minimum absolute atomic E-state index is 0.304. The van der Waals surface area contributed by atoms with Gasteiger partial charge in [-0.2, -0.15) is 0 Å². The lowest BCUT2D eigenvalue weighted by Gasteiger charge is -2.30. The molecule has 1 aromatic rings. The molecular formula is C16H27FN2O. The molecule has 1 atom stereocenters. The average Bonchev–Trinajstić information content (AvgIpc) is 2.33. The zero-order valence-corrected chi connectivity index (χ0v) is 13.2. The highest BCUT2D eigenvalue weighted by atomic mass is 19.1. The summed E-state index contributed by atoms with van der Waals surface area (Å²) in [4.78, 5) is 2.34. The molecule has 0 aliphatic rings. The van der Waals surface area contributed by atoms with Gasteiger partial charge >= 0.3 is 0 Å². The number of halogens is 1. The van der Waals surface area contributed by atoms with Crippen molar-refractivity contribution in [3.63, 3.8) is 0 Å². The van der Waals surface area contributed by atoms with Crippen molar-refractivity contribution in [3.05, 3.63) is 29.6 Å². The van der Waals surface area contributed by atoms with Crippen LogP contribution in [0.1, 0.15) is 46.2 Å². The van der Waals surface area contributed by atoms with Gasteiger partial charge < -0.3 is 10.5 Å². The first-order valence-corrected chi connectivity index (χ1v) is 7.27. The fourth-order valence-electron chi connectivity index (χ4n) is 2.46. The van der Waals surface area contributed by atoms with Crippen LogP contribution in [0.15, 0.2) is 18.2 Å². The lowest BCUT2D eigenvalue weighted by molar-refractivity contribution is 0.141. The number of rotatable bonds is 7. The van der Waals surface area contributed by atoms with Gasteiger partial charge in [0.1, 0.15) is 18.2 Å². The van der Waals surface area contributed by atoms with Gasteiger partial charge in [0.15, 0.2) is 0 Å². The van der Waals surface area contributed by atoms with Crippen molar-refractivity contribution in [3.8, 4) is 5.75 Å². The fraction of sp³-hybridized carbons (Fsp3) is 0.625. The molecule has 114 valence electrons. The van der Waals surface area contributed by atoms with E-state index in [1.54, 1.807) is 19.1 Å². The Morgan fingerprint density at radius 2 is 1.75 bits per heavy atom. The Morgan fingerprint density at radius 1 is 1.15 bits per heavy atom. The van der Waals surface area contributed by atoms with Crippen LogP contribution in [0.25, 0.3) is 0 Å². The Morgan fingerprint density at radius 3 is 2.25 bits per heavy atom. The van der Waals surface area contributed by atoms with Crippen molar-refractivity contribution in [2.45, 2.75) is 52.7 Å². The third kappa shape index (κ3) is 4.46. The molecule has 0 heterocycles. The van der Waals surface area contributed by atoms with E-state index in [2.05, 4.69) is 32.6 Å². The van der Waals surface area contributed by atoms with Gasteiger partial charge in [-0.1, -0.05) is 6.07 Å². The summed E-state index contributed by atoms with van der Waals surface area (Å²) in [7, 11) is 0. The van der Waals surface area contributed by atoms with Crippen LogP contribution in [0, 0.1) is 5.82 Å². The van der Waals surface area contributed by atoms with Crippen molar-refractivity contribution in [2.24, 2.45) is 5.73 Å². The summed E-state index contributed by atoms with van der Waals surface area (Å²) in [6.07, 6.45) is 0. The van der Waals surface area contributed by atoms with E-state index in [0.29, 0.717) is 30.0 Å². The summed E-state index contributed by atoms with van der Waals surface area (Å²) < 4.78 is 19.5. The first-order valence-electron chi connectivity index (χ1n) is 7.27. The molecule has 3 nitrogen and oxygen atoms in total. The normalized spacial score (nSPS) is 13.3. The maximum atomic E-state index is 13.8. The van der Waals surface area contributed by atoms with Crippen LogP contribution >= 0.6 is 0 Å². The van der Waals surface area contributed by atoms with E-state index >= 15 is 0 Å². The molecule has 2 N–H and O–H groups in total. The van der Waals surface area contributed by atoms with E-state index in [4.69, 9.17) is 10.5 Å². The maximum Gasteiger partial charge on any atom is 0.131 e. The van der Waals surface area contributed by atoms with Crippen LogP contribution in [-0.4, -0.2) is 30.1 Å². The van der Waals surface area contributed by atoms with Gasteiger partial charge in [-0.3, -0.25) is 4.90 Å². The van der Waals surface area contributed by atoms with Crippen LogP contribution in [0.4, 0.5) is 4.39 Å². The quantitative estimate of drug-likeness (QED) is 0.833. The molecule has 0 radical (unpaired) electrons. The molecule has 1 unspecified atom stereocenters. The van der Waals surface area contributed by atoms with Crippen LogP contribution in [0.3, 0.4) is 0 Å². The second-order valence-corrected chi connectivity index (χ2v) is 5.71. The molecular weight excluding hydrogens is 255 g/mol. The third-order valence-corrected chi connectivity index (χ3v) is 3.40. The Bertz CT molecular complexity index is 411. The minimum Gasteiger partial charge on any atom is -0.492 e. The SMILES string of the molecule is CC(N)c1c(F)cccc1OCCN(C(C)C)C(C)C. The number of benzene rings is 1. The summed E-state index contributed by atoms with van der Waals surface area (Å²) in [5.74, 6) is 0.245. The Balaban J connectivity index is 2.69. The minimum atomic E-state index is -0.377. The molecule has 0 aromatic heterocycles. The van der Waals surface area contributed by atoms with Crippen molar-refractivity contribution >= 4 is 0 Å². The van der Waals surface area contributed by atoms with E-state index < -0.39 is 0 Å². The van der Waals surface area contributed by atoms with Crippen LogP contribution < -0.4 is 10.5 Å². The lowest BCUT2D eigenvalue weighted by atomic mass is 10.1. The van der Waals surface area contributed by atoms with Gasteiger partial charge in [0.25, 0.3) is 0 Å². The van der Waals surface area contributed by atoms with E-state index in [-0.39, 0.29) is 11.9 Å². The number of hydrogen-bond donors (Lipinski definition) is 1. The van der Waals surface area contributed by atoms with Crippen molar-refractivity contribution in [2.75, 3.05) is 13.2 Å². The molecule has 0 amide bonds. The molecule has 0 saturated heterocycles. The monoisotopic (exact) mass is 282 g/mol. The van der Waals surface area contributed by atoms with Crippen LogP contribution in [0.5, 0.6) is 5.75 Å². The molecule has 4 heteroatoms. The standard InChI is InChI=1S/C16H27FN2O/c1-11(2)19(12(3)4)9-10-20-15-8-6-7-14(17)16(15)13(5)18/h6-8,11-13H,9-10,18H2,1-5H3. The van der Waals surface area contributed by atoms with Gasteiger partial charge in [-0.05, 0) is 46.8 Å². The van der Waals surface area contributed by atoms with E-state index in [1.807, 2.05) is 0 Å². The lowest BCUT2D eigenvalue weighted by Crippen LogP contribution is -2.39. The van der Waals surface area contributed by atoms with Crippen molar-refractivity contribution in [1.82, 2.24) is 4.90 Å². The van der Waals surface area contributed by atoms with E-state index in [0.717, 1.165) is 6.54 Å². The molecule has 1 aromatic carbocycles. The number of hydrogen-bond acceptors (Lipinski definition) is 3. The van der Waals surface area contributed by atoms with E-state index in [1.165, 1.54) is 6.07 Å². The average molecular weight is 282 g/mol. The van der Waals surface area contributed by atoms with Gasteiger partial charge in [-0.15, -0.1) is 0 Å². The predicted octanol–water partition coefficient (Wildman–Crippen LogP) is 3.34. The number of ether oxygens (including phenoxy) is 1. The number of nitrogens with two attached hydrogens (primary N) is 1. The Kier molecular flexibility index (Phi) is 6.43. The van der Waals surface area contributed by atoms with Gasteiger partial charge in [0.05, 0.1) is 0 Å².